The second-order valence-corrected chi connectivity index (χ2v) is 7.19. The van der Waals surface area contributed by atoms with Crippen LogP contribution in [0.1, 0.15) is 48.7 Å². The second-order valence-electron chi connectivity index (χ2n) is 6.16. The summed E-state index contributed by atoms with van der Waals surface area (Å²) >= 11 is 1.87. The Morgan fingerprint density at radius 2 is 2.00 bits per heavy atom. The average molecular weight is 301 g/mol. The van der Waals surface area contributed by atoms with Crippen molar-refractivity contribution < 1.29 is 0 Å². The van der Waals surface area contributed by atoms with Gasteiger partial charge in [-0.15, -0.1) is 11.3 Å². The molecule has 2 aromatic rings. The van der Waals surface area contributed by atoms with Gasteiger partial charge in [-0.25, -0.2) is 0 Å². The number of thiophene rings is 1. The Kier molecular flexibility index (Phi) is 6.47. The fourth-order valence-electron chi connectivity index (χ4n) is 2.82. The quantitative estimate of drug-likeness (QED) is 0.704. The number of hydrogen-bond acceptors (Lipinski definition) is 2. The molecule has 2 rings (SSSR count). The normalized spacial score (nSPS) is 12.8. The van der Waals surface area contributed by atoms with Crippen molar-refractivity contribution in [3.63, 3.8) is 0 Å². The third-order valence-electron chi connectivity index (χ3n) is 3.84. The van der Waals surface area contributed by atoms with Crippen LogP contribution in [-0.2, 0) is 12.8 Å². The standard InChI is InChI=1S/C19H27NS/c1-15(2)13-16-7-4-8-17(14-16)19(20-3)11-5-9-18-10-6-12-21-18/h4,6-8,10,12,14-15,19-20H,5,9,11,13H2,1-3H3. The molecule has 0 aliphatic rings. The molecule has 0 fully saturated rings. The summed E-state index contributed by atoms with van der Waals surface area (Å²) in [5, 5.41) is 5.65. The lowest BCUT2D eigenvalue weighted by Crippen LogP contribution is -2.16. The number of rotatable bonds is 8. The van der Waals surface area contributed by atoms with Crippen LogP contribution in [0.4, 0.5) is 0 Å². The van der Waals surface area contributed by atoms with Crippen molar-refractivity contribution in [1.82, 2.24) is 5.32 Å². The Bertz CT molecular complexity index is 516. The van der Waals surface area contributed by atoms with E-state index in [1.54, 1.807) is 0 Å². The SMILES string of the molecule is CNC(CCCc1cccs1)c1cccc(CC(C)C)c1. The van der Waals surface area contributed by atoms with Gasteiger partial charge in [-0.2, -0.15) is 0 Å². The molecule has 1 unspecified atom stereocenters. The molecule has 1 nitrogen and oxygen atoms in total. The second kappa shape index (κ2) is 8.35. The Morgan fingerprint density at radius 3 is 2.67 bits per heavy atom. The fourth-order valence-corrected chi connectivity index (χ4v) is 3.57. The van der Waals surface area contributed by atoms with Gasteiger partial charge in [0, 0.05) is 10.9 Å². The molecule has 1 N–H and O–H groups in total. The molecule has 0 radical (unpaired) electrons. The number of nitrogens with one attached hydrogen (secondary N) is 1. The van der Waals surface area contributed by atoms with E-state index in [-0.39, 0.29) is 0 Å². The first-order valence-corrected chi connectivity index (χ1v) is 8.85. The zero-order chi connectivity index (χ0) is 15.1. The first-order chi connectivity index (χ1) is 10.2. The van der Waals surface area contributed by atoms with Crippen LogP contribution in [0.3, 0.4) is 0 Å². The smallest absolute Gasteiger partial charge is 0.0317 e. The Labute approximate surface area is 133 Å². The molecule has 0 saturated heterocycles. The summed E-state index contributed by atoms with van der Waals surface area (Å²) in [5.74, 6) is 0.715. The van der Waals surface area contributed by atoms with Gasteiger partial charge >= 0.3 is 0 Å². The topological polar surface area (TPSA) is 12.0 Å². The highest BCUT2D eigenvalue weighted by Gasteiger charge is 2.10. The molecule has 1 atom stereocenters. The van der Waals surface area contributed by atoms with Gasteiger partial charge in [-0.1, -0.05) is 44.2 Å². The van der Waals surface area contributed by atoms with Gasteiger partial charge in [-0.05, 0) is 61.2 Å². The number of aryl methyl sites for hydroxylation is 1. The maximum Gasteiger partial charge on any atom is 0.0317 e. The molecule has 2 heteroatoms. The lowest BCUT2D eigenvalue weighted by atomic mass is 9.96. The van der Waals surface area contributed by atoms with Crippen molar-refractivity contribution in [3.05, 3.63) is 57.8 Å². The van der Waals surface area contributed by atoms with Gasteiger partial charge in [0.1, 0.15) is 0 Å². The summed E-state index contributed by atoms with van der Waals surface area (Å²) < 4.78 is 0. The lowest BCUT2D eigenvalue weighted by molar-refractivity contribution is 0.527. The molecule has 0 aliphatic heterocycles. The van der Waals surface area contributed by atoms with E-state index in [1.165, 1.54) is 41.7 Å². The van der Waals surface area contributed by atoms with Crippen LogP contribution in [0.15, 0.2) is 41.8 Å². The molecule has 21 heavy (non-hydrogen) atoms. The van der Waals surface area contributed by atoms with Crippen molar-refractivity contribution in [1.29, 1.82) is 0 Å². The summed E-state index contributed by atoms with van der Waals surface area (Å²) in [6.45, 7) is 4.56. The summed E-state index contributed by atoms with van der Waals surface area (Å²) in [7, 11) is 2.07. The van der Waals surface area contributed by atoms with Crippen molar-refractivity contribution in [2.45, 2.75) is 45.6 Å². The van der Waals surface area contributed by atoms with E-state index in [0.717, 1.165) is 0 Å². The summed E-state index contributed by atoms with van der Waals surface area (Å²) in [5.41, 5.74) is 2.89. The van der Waals surface area contributed by atoms with Gasteiger partial charge < -0.3 is 5.32 Å². The Hall–Kier alpha value is -1.12. The number of hydrogen-bond donors (Lipinski definition) is 1. The van der Waals surface area contributed by atoms with Crippen LogP contribution in [0, 0.1) is 5.92 Å². The summed E-state index contributed by atoms with van der Waals surface area (Å²) in [6, 6.07) is 13.9. The maximum absolute atomic E-state index is 3.48. The Balaban J connectivity index is 1.93. The van der Waals surface area contributed by atoms with E-state index >= 15 is 0 Å². The average Bonchev–Trinajstić information content (AvgIpc) is 2.96. The zero-order valence-electron chi connectivity index (χ0n) is 13.4. The predicted octanol–water partition coefficient (Wildman–Crippen LogP) is 5.23. The highest BCUT2D eigenvalue weighted by atomic mass is 32.1. The zero-order valence-corrected chi connectivity index (χ0v) is 14.2. The summed E-state index contributed by atoms with van der Waals surface area (Å²) in [4.78, 5) is 1.50. The van der Waals surface area contributed by atoms with Crippen molar-refractivity contribution in [2.24, 2.45) is 5.92 Å². The monoisotopic (exact) mass is 301 g/mol. The minimum atomic E-state index is 0.470. The fraction of sp³-hybridized carbons (Fsp3) is 0.474. The third-order valence-corrected chi connectivity index (χ3v) is 4.78. The molecule has 0 saturated carbocycles. The van der Waals surface area contributed by atoms with E-state index in [4.69, 9.17) is 0 Å². The van der Waals surface area contributed by atoms with Gasteiger partial charge in [0.25, 0.3) is 0 Å². The Morgan fingerprint density at radius 1 is 1.14 bits per heavy atom. The van der Waals surface area contributed by atoms with Gasteiger partial charge in [0.05, 0.1) is 0 Å². The molecule has 1 heterocycles. The largest absolute Gasteiger partial charge is 0.313 e. The predicted molar refractivity (Wildman–Crippen MR) is 94.0 cm³/mol. The van der Waals surface area contributed by atoms with Crippen LogP contribution >= 0.6 is 11.3 Å². The first kappa shape index (κ1) is 16.3. The highest BCUT2D eigenvalue weighted by molar-refractivity contribution is 7.09. The molecular weight excluding hydrogens is 274 g/mol. The number of benzene rings is 1. The summed E-state index contributed by atoms with van der Waals surface area (Å²) in [6.07, 6.45) is 4.79. The van der Waals surface area contributed by atoms with E-state index in [2.05, 4.69) is 68.0 Å². The van der Waals surface area contributed by atoms with E-state index in [0.29, 0.717) is 12.0 Å². The van der Waals surface area contributed by atoms with Crippen LogP contribution < -0.4 is 5.32 Å². The van der Waals surface area contributed by atoms with Crippen LogP contribution in [0.2, 0.25) is 0 Å². The van der Waals surface area contributed by atoms with Gasteiger partial charge in [-0.3, -0.25) is 0 Å². The molecule has 1 aromatic heterocycles. The van der Waals surface area contributed by atoms with E-state index in [1.807, 2.05) is 11.3 Å². The third kappa shape index (κ3) is 5.29. The molecule has 0 aliphatic carbocycles. The van der Waals surface area contributed by atoms with E-state index in [9.17, 15) is 0 Å². The first-order valence-electron chi connectivity index (χ1n) is 7.97. The maximum atomic E-state index is 3.48. The van der Waals surface area contributed by atoms with Crippen molar-refractivity contribution in [3.8, 4) is 0 Å². The van der Waals surface area contributed by atoms with Gasteiger partial charge in [0.15, 0.2) is 0 Å². The van der Waals surface area contributed by atoms with Gasteiger partial charge in [0.2, 0.25) is 0 Å². The van der Waals surface area contributed by atoms with Crippen molar-refractivity contribution in [2.75, 3.05) is 7.05 Å². The molecule has 114 valence electrons. The highest BCUT2D eigenvalue weighted by Crippen LogP contribution is 2.22. The molecule has 1 aromatic carbocycles. The lowest BCUT2D eigenvalue weighted by Gasteiger charge is -2.18. The van der Waals surface area contributed by atoms with Crippen LogP contribution in [-0.4, -0.2) is 7.05 Å². The molecule has 0 amide bonds. The molecular formula is C19H27NS. The minimum absolute atomic E-state index is 0.470. The minimum Gasteiger partial charge on any atom is -0.313 e. The van der Waals surface area contributed by atoms with Crippen LogP contribution in [0.5, 0.6) is 0 Å². The molecule has 0 spiro atoms. The van der Waals surface area contributed by atoms with Crippen molar-refractivity contribution >= 4 is 11.3 Å². The molecule has 0 bridgehead atoms. The van der Waals surface area contributed by atoms with E-state index < -0.39 is 0 Å². The van der Waals surface area contributed by atoms with Crippen LogP contribution in [0.25, 0.3) is 0 Å².